The van der Waals surface area contributed by atoms with E-state index in [2.05, 4.69) is 24.4 Å². The molecule has 2 unspecified atom stereocenters. The topological polar surface area (TPSA) is 29.1 Å². The van der Waals surface area contributed by atoms with E-state index >= 15 is 0 Å². The fourth-order valence-corrected chi connectivity index (χ4v) is 3.19. The molecule has 0 heterocycles. The number of fused-ring (bicyclic) bond motifs is 1. The largest absolute Gasteiger partial charge is 0.351 e. The Balaban J connectivity index is 2.03. The number of hydrogen-bond donors (Lipinski definition) is 1. The summed E-state index contributed by atoms with van der Waals surface area (Å²) >= 11 is 0. The lowest BCUT2D eigenvalue weighted by atomic mass is 9.86. The summed E-state index contributed by atoms with van der Waals surface area (Å²) in [5.41, 5.74) is 0.0627. The summed E-state index contributed by atoms with van der Waals surface area (Å²) in [5.74, 6) is 1.72. The highest BCUT2D eigenvalue weighted by Gasteiger charge is 2.42. The van der Waals surface area contributed by atoms with Crippen LogP contribution in [0.3, 0.4) is 0 Å². The van der Waals surface area contributed by atoms with Crippen LogP contribution in [0.4, 0.5) is 0 Å². The maximum Gasteiger partial charge on any atom is 0.217 e. The number of carbonyl (C=O) groups is 1. The first-order valence-corrected chi connectivity index (χ1v) is 5.53. The molecule has 0 saturated heterocycles. The number of nitrogens with one attached hydrogen (secondary N) is 1. The zero-order valence-electron chi connectivity index (χ0n) is 9.05. The average Bonchev–Trinajstić information content (AvgIpc) is 2.38. The van der Waals surface area contributed by atoms with Crippen molar-refractivity contribution in [3.05, 3.63) is 12.2 Å². The van der Waals surface area contributed by atoms with Gasteiger partial charge in [-0.1, -0.05) is 12.2 Å². The lowest BCUT2D eigenvalue weighted by molar-refractivity contribution is -0.120. The summed E-state index contributed by atoms with van der Waals surface area (Å²) in [6.45, 7) is 3.80. The van der Waals surface area contributed by atoms with Gasteiger partial charge in [-0.05, 0) is 44.4 Å². The molecule has 2 aliphatic carbocycles. The Morgan fingerprint density at radius 2 is 1.79 bits per heavy atom. The van der Waals surface area contributed by atoms with Crippen LogP contribution in [0.15, 0.2) is 12.2 Å². The monoisotopic (exact) mass is 193 g/mol. The van der Waals surface area contributed by atoms with Gasteiger partial charge < -0.3 is 5.32 Å². The minimum atomic E-state index is 0.0627. The molecule has 2 heteroatoms. The van der Waals surface area contributed by atoms with Gasteiger partial charge in [-0.15, -0.1) is 0 Å². The van der Waals surface area contributed by atoms with Gasteiger partial charge in [0.25, 0.3) is 0 Å². The zero-order valence-corrected chi connectivity index (χ0v) is 9.05. The van der Waals surface area contributed by atoms with E-state index in [4.69, 9.17) is 0 Å². The quantitative estimate of drug-likeness (QED) is 0.636. The van der Waals surface area contributed by atoms with Crippen LogP contribution in [-0.4, -0.2) is 11.4 Å². The van der Waals surface area contributed by atoms with Gasteiger partial charge in [0.2, 0.25) is 5.91 Å². The summed E-state index contributed by atoms with van der Waals surface area (Å²) in [6, 6.07) is 0. The molecule has 0 bridgehead atoms. The smallest absolute Gasteiger partial charge is 0.217 e. The maximum absolute atomic E-state index is 11.1. The van der Waals surface area contributed by atoms with Crippen molar-refractivity contribution in [2.24, 2.45) is 11.8 Å². The Morgan fingerprint density at radius 1 is 1.29 bits per heavy atom. The van der Waals surface area contributed by atoms with Crippen molar-refractivity contribution in [2.75, 3.05) is 0 Å². The molecular weight excluding hydrogens is 174 g/mol. The van der Waals surface area contributed by atoms with Crippen LogP contribution < -0.4 is 5.32 Å². The fraction of sp³-hybridized carbons (Fsp3) is 0.750. The minimum absolute atomic E-state index is 0.0627. The molecular formula is C12H19NO. The van der Waals surface area contributed by atoms with Crippen molar-refractivity contribution in [1.29, 1.82) is 0 Å². The lowest BCUT2D eigenvalue weighted by Gasteiger charge is -2.25. The molecule has 0 aromatic heterocycles. The Kier molecular flexibility index (Phi) is 2.38. The SMILES string of the molecule is CC(=O)NC1(C)CC2CC=CCC2C1. The molecule has 78 valence electrons. The molecule has 0 aromatic rings. The molecule has 0 aliphatic heterocycles. The van der Waals surface area contributed by atoms with Crippen LogP contribution in [0.25, 0.3) is 0 Å². The van der Waals surface area contributed by atoms with Crippen LogP contribution >= 0.6 is 0 Å². The van der Waals surface area contributed by atoms with Crippen molar-refractivity contribution in [3.8, 4) is 0 Å². The Morgan fingerprint density at radius 3 is 2.21 bits per heavy atom. The van der Waals surface area contributed by atoms with E-state index in [0.29, 0.717) is 0 Å². The Bertz CT molecular complexity index is 253. The number of hydrogen-bond acceptors (Lipinski definition) is 1. The Labute approximate surface area is 85.8 Å². The third-order valence-electron chi connectivity index (χ3n) is 3.61. The third kappa shape index (κ3) is 1.84. The predicted molar refractivity (Wildman–Crippen MR) is 56.8 cm³/mol. The summed E-state index contributed by atoms with van der Waals surface area (Å²) in [7, 11) is 0. The first kappa shape index (κ1) is 9.75. The number of amides is 1. The molecule has 1 saturated carbocycles. The van der Waals surface area contributed by atoms with Gasteiger partial charge in [0, 0.05) is 12.5 Å². The van der Waals surface area contributed by atoms with Crippen molar-refractivity contribution >= 4 is 5.91 Å². The van der Waals surface area contributed by atoms with E-state index < -0.39 is 0 Å². The van der Waals surface area contributed by atoms with Crippen LogP contribution in [-0.2, 0) is 4.79 Å². The van der Waals surface area contributed by atoms with Gasteiger partial charge in [0.1, 0.15) is 0 Å². The molecule has 0 spiro atoms. The van der Waals surface area contributed by atoms with Crippen molar-refractivity contribution in [3.63, 3.8) is 0 Å². The van der Waals surface area contributed by atoms with Gasteiger partial charge in [-0.3, -0.25) is 4.79 Å². The van der Waals surface area contributed by atoms with Crippen LogP contribution in [0.5, 0.6) is 0 Å². The summed E-state index contributed by atoms with van der Waals surface area (Å²) < 4.78 is 0. The van der Waals surface area contributed by atoms with Crippen molar-refractivity contribution in [1.82, 2.24) is 5.32 Å². The number of allylic oxidation sites excluding steroid dienone is 2. The molecule has 14 heavy (non-hydrogen) atoms. The highest BCUT2D eigenvalue weighted by Crippen LogP contribution is 2.44. The fourth-order valence-electron chi connectivity index (χ4n) is 3.19. The molecule has 2 nitrogen and oxygen atoms in total. The summed E-state index contributed by atoms with van der Waals surface area (Å²) in [5, 5.41) is 3.11. The first-order chi connectivity index (χ1) is 6.59. The van der Waals surface area contributed by atoms with E-state index in [1.807, 2.05) is 0 Å². The summed E-state index contributed by atoms with van der Waals surface area (Å²) in [4.78, 5) is 11.1. The van der Waals surface area contributed by atoms with Crippen molar-refractivity contribution < 1.29 is 4.79 Å². The second kappa shape index (κ2) is 3.41. The van der Waals surface area contributed by atoms with Gasteiger partial charge in [-0.25, -0.2) is 0 Å². The number of rotatable bonds is 1. The first-order valence-electron chi connectivity index (χ1n) is 5.53. The highest BCUT2D eigenvalue weighted by molar-refractivity contribution is 5.73. The van der Waals surface area contributed by atoms with Gasteiger partial charge >= 0.3 is 0 Å². The highest BCUT2D eigenvalue weighted by atomic mass is 16.1. The van der Waals surface area contributed by atoms with E-state index in [0.717, 1.165) is 24.7 Å². The average molecular weight is 193 g/mol. The Hall–Kier alpha value is -0.790. The second-order valence-corrected chi connectivity index (χ2v) is 5.11. The molecule has 1 N–H and O–H groups in total. The van der Waals surface area contributed by atoms with Gasteiger partial charge in [0.15, 0.2) is 0 Å². The molecule has 1 amide bonds. The normalized spacial score (nSPS) is 40.7. The van der Waals surface area contributed by atoms with E-state index in [1.54, 1.807) is 6.92 Å². The predicted octanol–water partition coefficient (Wildman–Crippen LogP) is 2.26. The molecule has 2 atom stereocenters. The number of carbonyl (C=O) groups excluding carboxylic acids is 1. The molecule has 1 fully saturated rings. The zero-order chi connectivity index (χ0) is 10.2. The van der Waals surface area contributed by atoms with E-state index in [-0.39, 0.29) is 11.4 Å². The van der Waals surface area contributed by atoms with Crippen LogP contribution in [0, 0.1) is 11.8 Å². The van der Waals surface area contributed by atoms with Crippen molar-refractivity contribution in [2.45, 2.75) is 45.1 Å². The van der Waals surface area contributed by atoms with E-state index in [9.17, 15) is 4.79 Å². The van der Waals surface area contributed by atoms with Gasteiger partial charge in [0.05, 0.1) is 0 Å². The molecule has 0 aromatic carbocycles. The van der Waals surface area contributed by atoms with Crippen LogP contribution in [0.2, 0.25) is 0 Å². The van der Waals surface area contributed by atoms with Gasteiger partial charge in [-0.2, -0.15) is 0 Å². The molecule has 2 aliphatic rings. The van der Waals surface area contributed by atoms with E-state index in [1.165, 1.54) is 12.8 Å². The lowest BCUT2D eigenvalue weighted by Crippen LogP contribution is -2.42. The maximum atomic E-state index is 11.1. The minimum Gasteiger partial charge on any atom is -0.351 e. The van der Waals surface area contributed by atoms with Crippen LogP contribution in [0.1, 0.15) is 39.5 Å². The molecule has 0 radical (unpaired) electrons. The third-order valence-corrected chi connectivity index (χ3v) is 3.61. The standard InChI is InChI=1S/C12H19NO/c1-9(14)13-12(2)7-10-5-3-4-6-11(10)8-12/h3-4,10-11H,5-8H2,1-2H3,(H,13,14). The molecule has 2 rings (SSSR count). The second-order valence-electron chi connectivity index (χ2n) is 5.11. The summed E-state index contributed by atoms with van der Waals surface area (Å²) in [6.07, 6.45) is 9.31.